The molecule has 5 nitrogen and oxygen atoms in total. The van der Waals surface area contributed by atoms with Gasteiger partial charge in [-0.05, 0) is 30.2 Å². The first-order valence-corrected chi connectivity index (χ1v) is 9.13. The SMILES string of the molecule is Cc1ccc(NC(=O)C(C)(C)C)cc1NC(=O)C(C)C(N)c1ccccc1.Cl. The first-order chi connectivity index (χ1) is 12.6. The number of carbonyl (C=O) groups excluding carboxylic acids is 2. The molecule has 0 radical (unpaired) electrons. The Bertz CT molecular complexity index is 816. The zero-order valence-electron chi connectivity index (χ0n) is 17.1. The van der Waals surface area contributed by atoms with Crippen molar-refractivity contribution < 1.29 is 9.59 Å². The highest BCUT2D eigenvalue weighted by molar-refractivity contribution is 5.97. The standard InChI is InChI=1S/C22H29N3O2.ClH/c1-14-11-12-17(24-21(27)22(3,4)5)13-18(14)25-20(26)15(2)19(23)16-9-7-6-8-10-16;/h6-13,15,19H,23H2,1-5H3,(H,24,27)(H,25,26);1H. The molecule has 0 spiro atoms. The van der Waals surface area contributed by atoms with E-state index in [0.717, 1.165) is 11.1 Å². The molecule has 0 aliphatic rings. The van der Waals surface area contributed by atoms with Gasteiger partial charge in [0, 0.05) is 22.8 Å². The van der Waals surface area contributed by atoms with Crippen LogP contribution in [0.2, 0.25) is 0 Å². The van der Waals surface area contributed by atoms with Gasteiger partial charge in [-0.3, -0.25) is 9.59 Å². The number of hydrogen-bond acceptors (Lipinski definition) is 3. The molecule has 152 valence electrons. The van der Waals surface area contributed by atoms with Crippen LogP contribution in [0, 0.1) is 18.3 Å². The smallest absolute Gasteiger partial charge is 0.229 e. The number of carbonyl (C=O) groups is 2. The molecule has 0 bridgehead atoms. The maximum absolute atomic E-state index is 12.7. The van der Waals surface area contributed by atoms with Crippen molar-refractivity contribution in [3.05, 3.63) is 59.7 Å². The maximum atomic E-state index is 12.7. The van der Waals surface area contributed by atoms with E-state index in [1.807, 2.05) is 77.1 Å². The molecule has 2 aromatic carbocycles. The van der Waals surface area contributed by atoms with Crippen LogP contribution in [0.15, 0.2) is 48.5 Å². The molecule has 2 unspecified atom stereocenters. The maximum Gasteiger partial charge on any atom is 0.229 e. The molecule has 2 atom stereocenters. The Morgan fingerprint density at radius 3 is 2.18 bits per heavy atom. The summed E-state index contributed by atoms with van der Waals surface area (Å²) in [5.41, 5.74) is 8.91. The van der Waals surface area contributed by atoms with E-state index in [1.165, 1.54) is 0 Å². The third-order valence-corrected chi connectivity index (χ3v) is 4.57. The lowest BCUT2D eigenvalue weighted by Gasteiger charge is -2.21. The fourth-order valence-electron chi connectivity index (χ4n) is 2.53. The van der Waals surface area contributed by atoms with Crippen molar-refractivity contribution in [1.29, 1.82) is 0 Å². The number of benzene rings is 2. The highest BCUT2D eigenvalue weighted by atomic mass is 35.5. The number of anilines is 2. The molecule has 0 saturated heterocycles. The molecule has 2 amide bonds. The van der Waals surface area contributed by atoms with Gasteiger partial charge in [0.15, 0.2) is 0 Å². The second-order valence-electron chi connectivity index (χ2n) is 7.95. The predicted octanol–water partition coefficient (Wildman–Crippen LogP) is 4.68. The van der Waals surface area contributed by atoms with Gasteiger partial charge in [-0.1, -0.05) is 64.1 Å². The summed E-state index contributed by atoms with van der Waals surface area (Å²) in [7, 11) is 0. The van der Waals surface area contributed by atoms with Crippen molar-refractivity contribution in [2.45, 2.75) is 40.7 Å². The minimum absolute atomic E-state index is 0. The number of rotatable bonds is 5. The second kappa shape index (κ2) is 9.71. The summed E-state index contributed by atoms with van der Waals surface area (Å²) in [4.78, 5) is 24.9. The highest BCUT2D eigenvalue weighted by Crippen LogP contribution is 2.25. The number of halogens is 1. The van der Waals surface area contributed by atoms with E-state index in [0.29, 0.717) is 11.4 Å². The number of nitrogens with two attached hydrogens (primary N) is 1. The number of nitrogens with one attached hydrogen (secondary N) is 2. The summed E-state index contributed by atoms with van der Waals surface area (Å²) in [5, 5.41) is 5.83. The van der Waals surface area contributed by atoms with E-state index in [9.17, 15) is 9.59 Å². The Morgan fingerprint density at radius 2 is 1.61 bits per heavy atom. The molecule has 0 fully saturated rings. The summed E-state index contributed by atoms with van der Waals surface area (Å²) in [6.07, 6.45) is 0. The molecule has 4 N–H and O–H groups in total. The van der Waals surface area contributed by atoms with Gasteiger partial charge < -0.3 is 16.4 Å². The summed E-state index contributed by atoms with van der Waals surface area (Å²) in [5.74, 6) is -0.642. The first kappa shape index (κ1) is 23.7. The van der Waals surface area contributed by atoms with Crippen molar-refractivity contribution in [3.8, 4) is 0 Å². The van der Waals surface area contributed by atoms with E-state index in [2.05, 4.69) is 10.6 Å². The van der Waals surface area contributed by atoms with Crippen molar-refractivity contribution in [1.82, 2.24) is 0 Å². The van der Waals surface area contributed by atoms with Crippen LogP contribution >= 0.6 is 12.4 Å². The van der Waals surface area contributed by atoms with Gasteiger partial charge in [0.1, 0.15) is 0 Å². The minimum Gasteiger partial charge on any atom is -0.326 e. The van der Waals surface area contributed by atoms with Crippen molar-refractivity contribution in [2.75, 3.05) is 10.6 Å². The summed E-state index contributed by atoms with van der Waals surface area (Å²) >= 11 is 0. The van der Waals surface area contributed by atoms with Gasteiger partial charge in [-0.15, -0.1) is 12.4 Å². The average Bonchev–Trinajstić information content (AvgIpc) is 2.63. The van der Waals surface area contributed by atoms with Crippen molar-refractivity contribution in [3.63, 3.8) is 0 Å². The fraction of sp³-hybridized carbons (Fsp3) is 0.364. The van der Waals surface area contributed by atoms with E-state index >= 15 is 0 Å². The van der Waals surface area contributed by atoms with Crippen LogP contribution < -0.4 is 16.4 Å². The van der Waals surface area contributed by atoms with Crippen LogP contribution in [-0.2, 0) is 9.59 Å². The summed E-state index contributed by atoms with van der Waals surface area (Å²) in [6.45, 7) is 9.28. The van der Waals surface area contributed by atoms with Gasteiger partial charge in [-0.25, -0.2) is 0 Å². The first-order valence-electron chi connectivity index (χ1n) is 9.13. The second-order valence-corrected chi connectivity index (χ2v) is 7.95. The lowest BCUT2D eigenvalue weighted by molar-refractivity contribution is -0.123. The highest BCUT2D eigenvalue weighted by Gasteiger charge is 2.24. The Hall–Kier alpha value is -2.37. The average molecular weight is 404 g/mol. The van der Waals surface area contributed by atoms with Crippen LogP contribution in [0.4, 0.5) is 11.4 Å². The van der Waals surface area contributed by atoms with Gasteiger partial charge >= 0.3 is 0 Å². The third-order valence-electron chi connectivity index (χ3n) is 4.57. The molecular formula is C22H30ClN3O2. The topological polar surface area (TPSA) is 84.2 Å². The summed E-state index contributed by atoms with van der Waals surface area (Å²) < 4.78 is 0. The molecule has 0 aliphatic carbocycles. The Labute approximate surface area is 173 Å². The third kappa shape index (κ3) is 6.08. The van der Waals surface area contributed by atoms with Gasteiger partial charge in [0.25, 0.3) is 0 Å². The van der Waals surface area contributed by atoms with E-state index in [1.54, 1.807) is 6.07 Å². The summed E-state index contributed by atoms with van der Waals surface area (Å²) in [6, 6.07) is 14.7. The Balaban J connectivity index is 0.00000392. The van der Waals surface area contributed by atoms with E-state index in [-0.39, 0.29) is 24.2 Å². The van der Waals surface area contributed by atoms with Crippen LogP contribution in [0.25, 0.3) is 0 Å². The molecule has 28 heavy (non-hydrogen) atoms. The lowest BCUT2D eigenvalue weighted by Crippen LogP contribution is -2.31. The van der Waals surface area contributed by atoms with Crippen LogP contribution in [0.5, 0.6) is 0 Å². The van der Waals surface area contributed by atoms with Gasteiger partial charge in [-0.2, -0.15) is 0 Å². The number of aryl methyl sites for hydroxylation is 1. The molecular weight excluding hydrogens is 374 g/mol. The normalized spacial score (nSPS) is 13.1. The van der Waals surface area contributed by atoms with Crippen molar-refractivity contribution in [2.24, 2.45) is 17.1 Å². The number of hydrogen-bond donors (Lipinski definition) is 3. The molecule has 2 aromatic rings. The number of amides is 2. The minimum atomic E-state index is -0.495. The van der Waals surface area contributed by atoms with Crippen molar-refractivity contribution >= 4 is 35.6 Å². The largest absolute Gasteiger partial charge is 0.326 e. The monoisotopic (exact) mass is 403 g/mol. The molecule has 0 aromatic heterocycles. The molecule has 0 heterocycles. The zero-order valence-corrected chi connectivity index (χ0v) is 17.9. The molecule has 2 rings (SSSR count). The van der Waals surface area contributed by atoms with Gasteiger partial charge in [0.2, 0.25) is 11.8 Å². The molecule has 6 heteroatoms. The van der Waals surface area contributed by atoms with Crippen LogP contribution in [-0.4, -0.2) is 11.8 Å². The fourth-order valence-corrected chi connectivity index (χ4v) is 2.53. The van der Waals surface area contributed by atoms with E-state index < -0.39 is 17.4 Å². The Kier molecular flexibility index (Phi) is 8.21. The van der Waals surface area contributed by atoms with E-state index in [4.69, 9.17) is 5.73 Å². The van der Waals surface area contributed by atoms with Crippen LogP contribution in [0.3, 0.4) is 0 Å². The zero-order chi connectivity index (χ0) is 20.2. The quantitative estimate of drug-likeness (QED) is 0.677. The molecule has 0 saturated carbocycles. The van der Waals surface area contributed by atoms with Crippen LogP contribution in [0.1, 0.15) is 44.9 Å². The predicted molar refractivity (Wildman–Crippen MR) is 118 cm³/mol. The lowest BCUT2D eigenvalue weighted by atomic mass is 9.94. The van der Waals surface area contributed by atoms with Gasteiger partial charge in [0.05, 0.1) is 5.92 Å². The molecule has 0 aliphatic heterocycles. The Morgan fingerprint density at radius 1 is 1.00 bits per heavy atom.